The third-order valence-electron chi connectivity index (χ3n) is 2.50. The van der Waals surface area contributed by atoms with E-state index >= 15 is 0 Å². The van der Waals surface area contributed by atoms with Crippen LogP contribution in [-0.2, 0) is 4.79 Å². The van der Waals surface area contributed by atoms with Gasteiger partial charge >= 0.3 is 0 Å². The van der Waals surface area contributed by atoms with Crippen LogP contribution in [0.2, 0.25) is 5.02 Å². The number of halogens is 2. The molecule has 1 N–H and O–H groups in total. The molecular weight excluding hydrogens is 320 g/mol. The zero-order valence-electron chi connectivity index (χ0n) is 10.2. The molecule has 0 saturated heterocycles. The highest BCUT2D eigenvalue weighted by Crippen LogP contribution is 2.25. The molecule has 0 bridgehead atoms. The predicted octanol–water partition coefficient (Wildman–Crippen LogP) is 2.31. The summed E-state index contributed by atoms with van der Waals surface area (Å²) in [6.45, 7) is 2.43. The molecule has 18 heavy (non-hydrogen) atoms. The molecule has 6 heteroatoms. The highest BCUT2D eigenvalue weighted by atomic mass is 79.9. The van der Waals surface area contributed by atoms with Gasteiger partial charge in [0, 0.05) is 18.1 Å². The number of likely N-dealkylation sites (N-methyl/N-ethyl adjacent to an activating group) is 1. The summed E-state index contributed by atoms with van der Waals surface area (Å²) in [5.41, 5.74) is 0.345. The van der Waals surface area contributed by atoms with Crippen LogP contribution in [0.4, 0.5) is 0 Å². The van der Waals surface area contributed by atoms with Crippen LogP contribution < -0.4 is 5.32 Å². The van der Waals surface area contributed by atoms with E-state index in [2.05, 4.69) is 21.2 Å². The van der Waals surface area contributed by atoms with Gasteiger partial charge in [-0.1, -0.05) is 17.7 Å². The standard InChI is InChI=1S/C12H14BrClN2O2/c1-3-16(2)10(17)7-15-12(18)8-5-4-6-9(13)11(8)14/h4-6H,3,7H2,1-2H3,(H,15,18). The first-order valence-electron chi connectivity index (χ1n) is 5.43. The number of amides is 2. The molecule has 1 aromatic rings. The molecule has 0 aliphatic heterocycles. The molecule has 1 rings (SSSR count). The molecule has 0 unspecified atom stereocenters. The molecule has 0 aliphatic rings. The Morgan fingerprint density at radius 1 is 1.44 bits per heavy atom. The highest BCUT2D eigenvalue weighted by molar-refractivity contribution is 9.10. The Morgan fingerprint density at radius 2 is 2.11 bits per heavy atom. The largest absolute Gasteiger partial charge is 0.345 e. The zero-order valence-corrected chi connectivity index (χ0v) is 12.5. The number of nitrogens with zero attached hydrogens (tertiary/aromatic N) is 1. The van der Waals surface area contributed by atoms with Crippen molar-refractivity contribution >= 4 is 39.3 Å². The van der Waals surface area contributed by atoms with E-state index < -0.39 is 0 Å². The summed E-state index contributed by atoms with van der Waals surface area (Å²) in [4.78, 5) is 24.9. The minimum atomic E-state index is -0.362. The van der Waals surface area contributed by atoms with E-state index in [1.807, 2.05) is 6.92 Å². The Balaban J connectivity index is 2.67. The number of hydrogen-bond acceptors (Lipinski definition) is 2. The average molecular weight is 334 g/mol. The minimum absolute atomic E-state index is 0.0357. The van der Waals surface area contributed by atoms with Crippen LogP contribution in [0.15, 0.2) is 22.7 Å². The smallest absolute Gasteiger partial charge is 0.253 e. The first-order chi connectivity index (χ1) is 8.47. The van der Waals surface area contributed by atoms with Crippen molar-refractivity contribution in [2.45, 2.75) is 6.92 Å². The fourth-order valence-corrected chi connectivity index (χ4v) is 1.82. The third kappa shape index (κ3) is 3.71. The molecule has 0 atom stereocenters. The predicted molar refractivity (Wildman–Crippen MR) is 74.8 cm³/mol. The molecule has 2 amide bonds. The van der Waals surface area contributed by atoms with Crippen molar-refractivity contribution in [3.63, 3.8) is 0 Å². The molecule has 4 nitrogen and oxygen atoms in total. The lowest BCUT2D eigenvalue weighted by Crippen LogP contribution is -2.38. The Hall–Kier alpha value is -1.07. The highest BCUT2D eigenvalue weighted by Gasteiger charge is 2.14. The first-order valence-corrected chi connectivity index (χ1v) is 6.60. The van der Waals surface area contributed by atoms with Crippen molar-refractivity contribution in [2.24, 2.45) is 0 Å². The van der Waals surface area contributed by atoms with Crippen LogP contribution in [0.1, 0.15) is 17.3 Å². The Bertz CT molecular complexity index is 465. The number of rotatable bonds is 4. The van der Waals surface area contributed by atoms with Gasteiger partial charge in [-0.2, -0.15) is 0 Å². The van der Waals surface area contributed by atoms with E-state index in [9.17, 15) is 9.59 Å². The molecule has 98 valence electrons. The zero-order chi connectivity index (χ0) is 13.7. The molecule has 0 aromatic heterocycles. The number of hydrogen-bond donors (Lipinski definition) is 1. The third-order valence-corrected chi connectivity index (χ3v) is 3.79. The van der Waals surface area contributed by atoms with Gasteiger partial charge in [0.25, 0.3) is 5.91 Å². The summed E-state index contributed by atoms with van der Waals surface area (Å²) in [7, 11) is 1.68. The van der Waals surface area contributed by atoms with Crippen LogP contribution in [0, 0.1) is 0 Å². The minimum Gasteiger partial charge on any atom is -0.345 e. The van der Waals surface area contributed by atoms with Crippen LogP contribution >= 0.6 is 27.5 Å². The number of benzene rings is 1. The number of carbonyl (C=O) groups is 2. The fraction of sp³-hybridized carbons (Fsp3) is 0.333. The van der Waals surface area contributed by atoms with Gasteiger partial charge in [-0.25, -0.2) is 0 Å². The molecule has 0 saturated carbocycles. The summed E-state index contributed by atoms with van der Waals surface area (Å²) in [5, 5.41) is 2.89. The number of carbonyl (C=O) groups excluding carboxylic acids is 2. The lowest BCUT2D eigenvalue weighted by atomic mass is 10.2. The van der Waals surface area contributed by atoms with Gasteiger partial charge in [-0.15, -0.1) is 0 Å². The summed E-state index contributed by atoms with van der Waals surface area (Å²) < 4.78 is 0.647. The monoisotopic (exact) mass is 332 g/mol. The topological polar surface area (TPSA) is 49.4 Å². The Labute approximate surface area is 119 Å². The summed E-state index contributed by atoms with van der Waals surface area (Å²) in [6, 6.07) is 5.07. The van der Waals surface area contributed by atoms with Crippen molar-refractivity contribution in [1.29, 1.82) is 0 Å². The Kier molecular flexibility index (Phi) is 5.62. The van der Waals surface area contributed by atoms with E-state index in [-0.39, 0.29) is 18.4 Å². The van der Waals surface area contributed by atoms with Gasteiger partial charge in [0.05, 0.1) is 17.1 Å². The first kappa shape index (κ1) is 15.0. The molecular formula is C12H14BrClN2O2. The maximum absolute atomic E-state index is 11.8. The number of nitrogens with one attached hydrogen (secondary N) is 1. The maximum Gasteiger partial charge on any atom is 0.253 e. The van der Waals surface area contributed by atoms with Crippen molar-refractivity contribution in [2.75, 3.05) is 20.1 Å². The molecule has 0 fully saturated rings. The fourth-order valence-electron chi connectivity index (χ4n) is 1.24. The SMILES string of the molecule is CCN(C)C(=O)CNC(=O)c1cccc(Br)c1Cl. The van der Waals surface area contributed by atoms with Gasteiger partial charge in [0.1, 0.15) is 0 Å². The van der Waals surface area contributed by atoms with Crippen molar-refractivity contribution in [3.8, 4) is 0 Å². The second-order valence-corrected chi connectivity index (χ2v) is 4.92. The second-order valence-electron chi connectivity index (χ2n) is 3.69. The van der Waals surface area contributed by atoms with Crippen molar-refractivity contribution in [3.05, 3.63) is 33.3 Å². The van der Waals surface area contributed by atoms with Gasteiger partial charge in [0.2, 0.25) is 5.91 Å². The maximum atomic E-state index is 11.8. The van der Waals surface area contributed by atoms with E-state index in [0.717, 1.165) is 0 Å². The van der Waals surface area contributed by atoms with Gasteiger partial charge in [-0.3, -0.25) is 9.59 Å². The van der Waals surface area contributed by atoms with E-state index in [4.69, 9.17) is 11.6 Å². The van der Waals surface area contributed by atoms with E-state index in [1.165, 1.54) is 4.90 Å². The summed E-state index contributed by atoms with van der Waals surface area (Å²) in [5.74, 6) is -0.504. The lowest BCUT2D eigenvalue weighted by Gasteiger charge is -2.15. The van der Waals surface area contributed by atoms with E-state index in [1.54, 1.807) is 25.2 Å². The lowest BCUT2D eigenvalue weighted by molar-refractivity contribution is -0.128. The summed E-state index contributed by atoms with van der Waals surface area (Å²) in [6.07, 6.45) is 0. The molecule has 0 aliphatic carbocycles. The van der Waals surface area contributed by atoms with Gasteiger partial charge < -0.3 is 10.2 Å². The molecule has 0 spiro atoms. The average Bonchev–Trinajstić information content (AvgIpc) is 2.37. The van der Waals surface area contributed by atoms with Crippen molar-refractivity contribution in [1.82, 2.24) is 10.2 Å². The van der Waals surface area contributed by atoms with Gasteiger partial charge in [0.15, 0.2) is 0 Å². The van der Waals surface area contributed by atoms with Gasteiger partial charge in [-0.05, 0) is 35.0 Å². The van der Waals surface area contributed by atoms with E-state index in [0.29, 0.717) is 21.6 Å². The quantitative estimate of drug-likeness (QED) is 0.919. The molecule has 0 radical (unpaired) electrons. The normalized spacial score (nSPS) is 10.0. The summed E-state index contributed by atoms with van der Waals surface area (Å²) >= 11 is 9.23. The van der Waals surface area contributed by atoms with Crippen LogP contribution in [-0.4, -0.2) is 36.9 Å². The van der Waals surface area contributed by atoms with Crippen molar-refractivity contribution < 1.29 is 9.59 Å². The molecule has 0 heterocycles. The second kappa shape index (κ2) is 6.75. The Morgan fingerprint density at radius 3 is 2.72 bits per heavy atom. The molecule has 1 aromatic carbocycles. The van der Waals surface area contributed by atoms with Crippen LogP contribution in [0.5, 0.6) is 0 Å². The van der Waals surface area contributed by atoms with Crippen LogP contribution in [0.3, 0.4) is 0 Å². The van der Waals surface area contributed by atoms with Crippen LogP contribution in [0.25, 0.3) is 0 Å².